The van der Waals surface area contributed by atoms with Crippen molar-refractivity contribution >= 4 is 112 Å². The van der Waals surface area contributed by atoms with Gasteiger partial charge in [-0.2, -0.15) is 11.8 Å². The fraction of sp³-hybridized carbons (Fsp3) is 0.646. The van der Waals surface area contributed by atoms with E-state index in [1.54, 1.807) is 47.8 Å². The van der Waals surface area contributed by atoms with Gasteiger partial charge in [0.1, 0.15) is 72.5 Å². The predicted molar refractivity (Wildman–Crippen MR) is 394 cm³/mol. The van der Waals surface area contributed by atoms with E-state index in [2.05, 4.69) is 93.7 Å². The number of H-pyrrole nitrogens is 2. The van der Waals surface area contributed by atoms with Crippen LogP contribution < -0.4 is 104 Å². The molecule has 0 spiro atoms. The van der Waals surface area contributed by atoms with Crippen LogP contribution in [0.25, 0.3) is 0 Å². The number of aromatic amines is 2. The molecule has 29 N–H and O–H groups in total. The molecule has 0 aromatic carbocycles. The van der Waals surface area contributed by atoms with Crippen LogP contribution in [0.15, 0.2) is 35.0 Å². The van der Waals surface area contributed by atoms with Crippen molar-refractivity contribution in [2.75, 3.05) is 25.1 Å². The molecule has 0 saturated carbocycles. The van der Waals surface area contributed by atoms with Crippen molar-refractivity contribution in [3.63, 3.8) is 0 Å². The number of carbonyl (C=O) groups excluding carboxylic acids is 14. The number of carboxylic acids is 1. The van der Waals surface area contributed by atoms with Gasteiger partial charge in [0.05, 0.1) is 25.1 Å². The standard InChI is InChI=1S/C65H111N25O16S/c1-31(2)21-44(58(100)81-36(9)63(105)106)87-56(98)42(15-16-49(67)91)85-62(104)48(25-38-28-74-30-78-38)90-60(102)46(23-33(5)6)88-55(97)41(14-12-19-76-65(71)72)84-61(103)47(24-37-27-73-29-77-37)86-52(94)35(8)80-54(96)40(13-11-18-75-64(69)70)83-59(101)45(22-32(3)4)89-57(99)43(17-20-107-10)82-51(93)34(7)79-53(95)39(66)26-50(68)92/h27-36,39-48H,11-26,66H2,1-10H3,(H2,67,91)(H2,68,92)(H,73,77)(H,74,78)(H,79,95)(H,80,96)(H,81,100)(H,82,93)(H,83,101)(H,84,103)(H,85,104)(H,86,94)(H,87,98)(H,88,97)(H,89,99)(H,90,102)(H,105,106)(H4,69,70,75)(H4,71,72,76)/t34-,35-,36-,39-,40-,41-,42-,43-,44-,45-,46-,47-,48-/m0/s1. The summed E-state index contributed by atoms with van der Waals surface area (Å²) in [5.74, 6) is -14.8. The van der Waals surface area contributed by atoms with Gasteiger partial charge in [-0.25, -0.2) is 9.97 Å². The highest BCUT2D eigenvalue weighted by molar-refractivity contribution is 7.98. The summed E-state index contributed by atoms with van der Waals surface area (Å²) < 4.78 is 0. The van der Waals surface area contributed by atoms with Gasteiger partial charge in [-0.05, 0) is 108 Å². The van der Waals surface area contributed by atoms with Crippen molar-refractivity contribution in [3.05, 3.63) is 36.4 Å². The van der Waals surface area contributed by atoms with Crippen LogP contribution >= 0.6 is 11.8 Å². The maximum Gasteiger partial charge on any atom is 0.325 e. The Morgan fingerprint density at radius 3 is 1.07 bits per heavy atom. The van der Waals surface area contributed by atoms with Crippen LogP contribution in [-0.4, -0.2) is 229 Å². The topological polar surface area (TPSA) is 685 Å². The minimum atomic E-state index is -1.57. The number of hydrogen-bond acceptors (Lipinski definition) is 21. The van der Waals surface area contributed by atoms with Crippen LogP contribution in [0.1, 0.15) is 144 Å². The van der Waals surface area contributed by atoms with Gasteiger partial charge >= 0.3 is 5.97 Å². The fourth-order valence-corrected chi connectivity index (χ4v) is 10.8. The van der Waals surface area contributed by atoms with E-state index in [9.17, 15) is 77.0 Å². The molecular formula is C65H111N25O16S. The molecule has 0 fully saturated rings. The number of carboxylic acid groups (broad SMARTS) is 1. The number of hydrogen-bond donors (Lipinski definition) is 22. The molecule has 2 rings (SSSR count). The summed E-state index contributed by atoms with van der Waals surface area (Å²) in [5.41, 5.74) is 39.3. The Hall–Kier alpha value is -10.7. The summed E-state index contributed by atoms with van der Waals surface area (Å²) in [6.45, 7) is 14.3. The number of amides is 14. The van der Waals surface area contributed by atoms with Gasteiger partial charge in [0.2, 0.25) is 82.7 Å². The molecule has 0 aliphatic heterocycles. The number of nitrogens with two attached hydrogens (primary N) is 7. The normalized spacial score (nSPS) is 14.8. The van der Waals surface area contributed by atoms with Gasteiger partial charge in [0.25, 0.3) is 0 Å². The quantitative estimate of drug-likeness (QED) is 0.0166. The number of rotatable bonds is 51. The lowest BCUT2D eigenvalue weighted by Gasteiger charge is -2.28. The minimum absolute atomic E-state index is 0.0112. The highest BCUT2D eigenvalue weighted by Gasteiger charge is 2.38. The Morgan fingerprint density at radius 1 is 0.411 bits per heavy atom. The molecule has 0 aliphatic carbocycles. The van der Waals surface area contributed by atoms with Crippen LogP contribution in [0.3, 0.4) is 0 Å². The second-order valence-corrected chi connectivity index (χ2v) is 28.0. The molecule has 0 bridgehead atoms. The lowest BCUT2D eigenvalue weighted by atomic mass is 10.0. The largest absolute Gasteiger partial charge is 0.480 e. The number of aromatic nitrogens is 4. The highest BCUT2D eigenvalue weighted by Crippen LogP contribution is 2.15. The molecule has 0 radical (unpaired) electrons. The summed E-state index contributed by atoms with van der Waals surface area (Å²) in [5, 5.41) is 40.3. The number of aliphatic carboxylic acids is 1. The Labute approximate surface area is 624 Å². The lowest BCUT2D eigenvalue weighted by molar-refractivity contribution is -0.142. The van der Waals surface area contributed by atoms with E-state index in [4.69, 9.17) is 40.1 Å². The van der Waals surface area contributed by atoms with Crippen molar-refractivity contribution in [1.29, 1.82) is 0 Å². The second kappa shape index (κ2) is 47.7. The number of primary amides is 2. The van der Waals surface area contributed by atoms with Crippen LogP contribution in [0, 0.1) is 17.8 Å². The first-order valence-electron chi connectivity index (χ1n) is 34.9. The molecule has 0 unspecified atom stereocenters. The van der Waals surface area contributed by atoms with Crippen LogP contribution in [0.5, 0.6) is 0 Å². The number of imidazole rings is 2. The van der Waals surface area contributed by atoms with E-state index >= 15 is 0 Å². The molecule has 107 heavy (non-hydrogen) atoms. The van der Waals surface area contributed by atoms with E-state index in [0.717, 1.165) is 0 Å². The SMILES string of the molecule is CSCC[C@H](NC(=O)[C@H](C)NC(=O)[C@@H](N)CC(N)=O)C(=O)N[C@@H](CC(C)C)C(=O)N[C@@H](CCCN=C(N)N)C(=O)N[C@@H](C)C(=O)N[C@@H](Cc1cnc[nH]1)C(=O)N[C@@H](CCCN=C(N)N)C(=O)N[C@@H](CC(C)C)C(=O)N[C@@H](Cc1cnc[nH]1)C(=O)N[C@@H](CCC(N)=O)C(=O)N[C@@H](CC(C)C)C(=O)N[C@@H](C)C(=O)O. The Bertz CT molecular complexity index is 3350. The zero-order valence-electron chi connectivity index (χ0n) is 62.2. The van der Waals surface area contributed by atoms with Gasteiger partial charge in [0.15, 0.2) is 11.9 Å². The molecule has 2 aromatic heterocycles. The average Bonchev–Trinajstić information content (AvgIpc) is 1.46. The van der Waals surface area contributed by atoms with Crippen LogP contribution in [-0.2, 0) is 84.8 Å². The Balaban J connectivity index is 2.57. The van der Waals surface area contributed by atoms with Crippen LogP contribution in [0.2, 0.25) is 0 Å². The number of nitrogens with zero attached hydrogens (tertiary/aromatic N) is 4. The third-order valence-electron chi connectivity index (χ3n) is 15.9. The van der Waals surface area contributed by atoms with Gasteiger partial charge in [-0.15, -0.1) is 0 Å². The first-order valence-corrected chi connectivity index (χ1v) is 36.3. The van der Waals surface area contributed by atoms with Crippen LogP contribution in [0.4, 0.5) is 0 Å². The van der Waals surface area contributed by atoms with Crippen molar-refractivity contribution in [2.45, 2.75) is 224 Å². The summed E-state index contributed by atoms with van der Waals surface area (Å²) in [7, 11) is 0. The first-order chi connectivity index (χ1) is 50.2. The van der Waals surface area contributed by atoms with Gasteiger partial charge in [-0.1, -0.05) is 41.5 Å². The molecule has 41 nitrogen and oxygen atoms in total. The molecule has 2 heterocycles. The maximum absolute atomic E-state index is 14.7. The molecule has 2 aromatic rings. The minimum Gasteiger partial charge on any atom is -0.480 e. The number of thioether (sulfide) groups is 1. The maximum atomic E-state index is 14.7. The summed E-state index contributed by atoms with van der Waals surface area (Å²) >= 11 is 1.36. The molecule has 598 valence electrons. The van der Waals surface area contributed by atoms with E-state index in [0.29, 0.717) is 17.1 Å². The van der Waals surface area contributed by atoms with Gasteiger partial charge in [-0.3, -0.25) is 81.9 Å². The predicted octanol–water partition coefficient (Wildman–Crippen LogP) is -6.65. The van der Waals surface area contributed by atoms with E-state index in [-0.39, 0.29) is 113 Å². The first kappa shape index (κ1) is 92.4. The van der Waals surface area contributed by atoms with E-state index in [1.165, 1.54) is 57.6 Å². The third-order valence-corrected chi connectivity index (χ3v) is 16.6. The Morgan fingerprint density at radius 2 is 0.720 bits per heavy atom. The zero-order valence-corrected chi connectivity index (χ0v) is 63.0. The molecular weight excluding hydrogens is 1420 g/mol. The molecule has 0 saturated heterocycles. The second-order valence-electron chi connectivity index (χ2n) is 27.0. The van der Waals surface area contributed by atoms with Gasteiger partial charge < -0.3 is 119 Å². The fourth-order valence-electron chi connectivity index (χ4n) is 10.3. The number of guanidine groups is 2. The van der Waals surface area contributed by atoms with Crippen molar-refractivity contribution in [1.82, 2.24) is 83.7 Å². The molecule has 42 heteroatoms. The molecule has 14 amide bonds. The van der Waals surface area contributed by atoms with E-state index in [1.807, 2.05) is 0 Å². The van der Waals surface area contributed by atoms with Crippen molar-refractivity contribution < 1.29 is 77.0 Å². The van der Waals surface area contributed by atoms with E-state index < -0.39 is 180 Å². The highest BCUT2D eigenvalue weighted by atomic mass is 32.2. The zero-order chi connectivity index (χ0) is 80.8. The Kier molecular flexibility index (Phi) is 41.2. The number of nitrogens with one attached hydrogen (secondary N) is 14. The third kappa shape index (κ3) is 36.7. The van der Waals surface area contributed by atoms with Crippen molar-refractivity contribution in [2.24, 2.45) is 67.9 Å². The summed E-state index contributed by atoms with van der Waals surface area (Å²) in [6.07, 6.45) is 5.04. The smallest absolute Gasteiger partial charge is 0.325 e. The number of carbonyl (C=O) groups is 15. The average molecular weight is 1530 g/mol. The summed E-state index contributed by atoms with van der Waals surface area (Å²) in [6, 6.07) is -18.4. The summed E-state index contributed by atoms with van der Waals surface area (Å²) in [4.78, 5) is 226. The lowest BCUT2D eigenvalue weighted by Crippen LogP contribution is -2.61. The van der Waals surface area contributed by atoms with Crippen molar-refractivity contribution in [3.8, 4) is 0 Å². The van der Waals surface area contributed by atoms with Gasteiger partial charge in [0, 0.05) is 56.1 Å². The molecule has 13 atom stereocenters. The monoisotopic (exact) mass is 1530 g/mol. The molecule has 0 aliphatic rings. The number of aliphatic imine (C=N–C) groups is 2.